The lowest BCUT2D eigenvalue weighted by atomic mass is 10.1. The number of rotatable bonds is 11. The van der Waals surface area contributed by atoms with Crippen molar-refractivity contribution in [1.29, 1.82) is 0 Å². The molecule has 6 heteroatoms. The summed E-state index contributed by atoms with van der Waals surface area (Å²) in [5, 5.41) is 6.87. The molecule has 0 saturated carbocycles. The van der Waals surface area contributed by atoms with Gasteiger partial charge in [-0.15, -0.1) is 24.0 Å². The summed E-state index contributed by atoms with van der Waals surface area (Å²) in [5.41, 5.74) is 1.43. The molecule has 0 aliphatic carbocycles. The van der Waals surface area contributed by atoms with Crippen LogP contribution in [-0.4, -0.2) is 63.8 Å². The number of nitrogens with one attached hydrogen (secondary N) is 2. The van der Waals surface area contributed by atoms with Gasteiger partial charge in [0.1, 0.15) is 0 Å². The number of hydrogen-bond acceptors (Lipinski definition) is 3. The summed E-state index contributed by atoms with van der Waals surface area (Å²) in [5.74, 6) is 2.21. The molecule has 0 amide bonds. The number of guanidine groups is 1. The molecule has 1 atom stereocenters. The third-order valence-electron chi connectivity index (χ3n) is 4.92. The highest BCUT2D eigenvalue weighted by Gasteiger charge is 2.22. The first-order valence-electron chi connectivity index (χ1n) is 10.5. The summed E-state index contributed by atoms with van der Waals surface area (Å²) in [6.45, 7) is 11.4. The van der Waals surface area contributed by atoms with E-state index in [1.165, 1.54) is 25.1 Å². The Morgan fingerprint density at radius 1 is 1.25 bits per heavy atom. The molecule has 1 saturated heterocycles. The van der Waals surface area contributed by atoms with Gasteiger partial charge in [0.25, 0.3) is 0 Å². The predicted molar refractivity (Wildman–Crippen MR) is 130 cm³/mol. The molecule has 0 spiro atoms. The average Bonchev–Trinajstić information content (AvgIpc) is 3.13. The van der Waals surface area contributed by atoms with Crippen LogP contribution < -0.4 is 10.6 Å². The lowest BCUT2D eigenvalue weighted by molar-refractivity contribution is 0.108. The zero-order valence-electron chi connectivity index (χ0n) is 17.8. The van der Waals surface area contributed by atoms with Gasteiger partial charge in [0.05, 0.1) is 0 Å². The van der Waals surface area contributed by atoms with Gasteiger partial charge in [-0.1, -0.05) is 44.2 Å². The lowest BCUT2D eigenvalue weighted by Crippen LogP contribution is -2.40. The second-order valence-electron chi connectivity index (χ2n) is 7.89. The van der Waals surface area contributed by atoms with E-state index in [-0.39, 0.29) is 24.0 Å². The maximum absolute atomic E-state index is 5.61. The van der Waals surface area contributed by atoms with Crippen LogP contribution in [0.4, 0.5) is 0 Å². The van der Waals surface area contributed by atoms with Gasteiger partial charge in [0, 0.05) is 46.4 Å². The average molecular weight is 502 g/mol. The zero-order valence-corrected chi connectivity index (χ0v) is 20.2. The third kappa shape index (κ3) is 10.6. The van der Waals surface area contributed by atoms with Crippen molar-refractivity contribution in [3.05, 3.63) is 35.9 Å². The molecule has 28 heavy (non-hydrogen) atoms. The highest BCUT2D eigenvalue weighted by Crippen LogP contribution is 2.15. The molecule has 160 valence electrons. The Morgan fingerprint density at radius 2 is 2.04 bits per heavy atom. The Kier molecular flexibility index (Phi) is 13.5. The van der Waals surface area contributed by atoms with Gasteiger partial charge in [-0.05, 0) is 43.2 Å². The Labute approximate surface area is 188 Å². The molecule has 2 N–H and O–H groups in total. The third-order valence-corrected chi connectivity index (χ3v) is 4.92. The molecule has 0 aromatic heterocycles. The largest absolute Gasteiger partial charge is 0.381 e. The van der Waals surface area contributed by atoms with E-state index in [0.29, 0.717) is 11.8 Å². The molecule has 1 aromatic carbocycles. The van der Waals surface area contributed by atoms with E-state index in [2.05, 4.69) is 64.7 Å². The summed E-state index contributed by atoms with van der Waals surface area (Å²) in [7, 11) is 1.84. The zero-order chi connectivity index (χ0) is 19.3. The van der Waals surface area contributed by atoms with E-state index >= 15 is 0 Å². The summed E-state index contributed by atoms with van der Waals surface area (Å²) in [6, 6.07) is 10.8. The van der Waals surface area contributed by atoms with Crippen LogP contribution in [0.15, 0.2) is 35.3 Å². The van der Waals surface area contributed by atoms with Crippen molar-refractivity contribution in [2.45, 2.75) is 33.1 Å². The van der Waals surface area contributed by atoms with E-state index in [1.807, 2.05) is 7.05 Å². The van der Waals surface area contributed by atoms with Gasteiger partial charge < -0.3 is 20.3 Å². The SMILES string of the molecule is CN=C(NCCCOCC(C)C)NCC1CCN(CCc2ccccc2)C1.I. The number of nitrogens with zero attached hydrogens (tertiary/aromatic N) is 2. The summed E-state index contributed by atoms with van der Waals surface area (Å²) in [6.07, 6.45) is 3.41. The minimum atomic E-state index is 0. The standard InChI is InChI=1S/C22H38N4O.HI/c1-19(2)18-27-15-7-12-24-22(23-3)25-16-21-11-14-26(17-21)13-10-20-8-5-4-6-9-20;/h4-6,8-9,19,21H,7,10-18H2,1-3H3,(H2,23,24,25);1H. The molecule has 1 fully saturated rings. The maximum Gasteiger partial charge on any atom is 0.190 e. The molecular formula is C22H39IN4O. The van der Waals surface area contributed by atoms with Gasteiger partial charge in [-0.3, -0.25) is 4.99 Å². The Balaban J connectivity index is 0.00000392. The monoisotopic (exact) mass is 502 g/mol. The van der Waals surface area contributed by atoms with Crippen molar-refractivity contribution >= 4 is 29.9 Å². The molecule has 1 aromatic rings. The molecular weight excluding hydrogens is 463 g/mol. The molecule has 1 aliphatic heterocycles. The number of aliphatic imine (C=N–C) groups is 1. The Bertz CT molecular complexity index is 539. The van der Waals surface area contributed by atoms with Crippen LogP contribution in [0.1, 0.15) is 32.3 Å². The summed E-state index contributed by atoms with van der Waals surface area (Å²) < 4.78 is 5.61. The van der Waals surface area contributed by atoms with E-state index in [0.717, 1.165) is 51.6 Å². The molecule has 0 radical (unpaired) electrons. The van der Waals surface area contributed by atoms with Gasteiger partial charge in [-0.2, -0.15) is 0 Å². The van der Waals surface area contributed by atoms with Crippen molar-refractivity contribution in [2.75, 3.05) is 53.0 Å². The van der Waals surface area contributed by atoms with E-state index in [1.54, 1.807) is 0 Å². The number of benzene rings is 1. The fourth-order valence-electron chi connectivity index (χ4n) is 3.38. The molecule has 1 unspecified atom stereocenters. The molecule has 5 nitrogen and oxygen atoms in total. The van der Waals surface area contributed by atoms with Gasteiger partial charge in [-0.25, -0.2) is 0 Å². The van der Waals surface area contributed by atoms with Gasteiger partial charge in [0.15, 0.2) is 5.96 Å². The van der Waals surface area contributed by atoms with Crippen LogP contribution in [-0.2, 0) is 11.2 Å². The predicted octanol–water partition coefficient (Wildman–Crippen LogP) is 3.40. The van der Waals surface area contributed by atoms with Gasteiger partial charge >= 0.3 is 0 Å². The van der Waals surface area contributed by atoms with Crippen molar-refractivity contribution in [2.24, 2.45) is 16.8 Å². The maximum atomic E-state index is 5.61. The quantitative estimate of drug-likeness (QED) is 0.211. The van der Waals surface area contributed by atoms with Crippen LogP contribution in [0.2, 0.25) is 0 Å². The fourth-order valence-corrected chi connectivity index (χ4v) is 3.38. The number of likely N-dealkylation sites (tertiary alicyclic amines) is 1. The molecule has 1 aliphatic rings. The van der Waals surface area contributed by atoms with Crippen LogP contribution >= 0.6 is 24.0 Å². The van der Waals surface area contributed by atoms with Crippen LogP contribution in [0.5, 0.6) is 0 Å². The number of ether oxygens (including phenoxy) is 1. The molecule has 2 rings (SSSR count). The molecule has 1 heterocycles. The van der Waals surface area contributed by atoms with E-state index < -0.39 is 0 Å². The summed E-state index contributed by atoms with van der Waals surface area (Å²) >= 11 is 0. The number of halogens is 1. The highest BCUT2D eigenvalue weighted by molar-refractivity contribution is 14.0. The topological polar surface area (TPSA) is 48.9 Å². The molecule has 0 bridgehead atoms. The Hall–Kier alpha value is -0.860. The van der Waals surface area contributed by atoms with Crippen molar-refractivity contribution in [3.8, 4) is 0 Å². The first-order chi connectivity index (χ1) is 13.2. The number of hydrogen-bond donors (Lipinski definition) is 2. The smallest absolute Gasteiger partial charge is 0.190 e. The minimum Gasteiger partial charge on any atom is -0.381 e. The lowest BCUT2D eigenvalue weighted by Gasteiger charge is -2.17. The minimum absolute atomic E-state index is 0. The van der Waals surface area contributed by atoms with Crippen LogP contribution in [0.25, 0.3) is 0 Å². The fraction of sp³-hybridized carbons (Fsp3) is 0.682. The van der Waals surface area contributed by atoms with Crippen LogP contribution in [0, 0.1) is 11.8 Å². The first-order valence-corrected chi connectivity index (χ1v) is 10.5. The second-order valence-corrected chi connectivity index (χ2v) is 7.89. The van der Waals surface area contributed by atoms with Crippen molar-refractivity contribution in [3.63, 3.8) is 0 Å². The normalized spacial score (nSPS) is 17.6. The second kappa shape index (κ2) is 15.0. The summed E-state index contributed by atoms with van der Waals surface area (Å²) in [4.78, 5) is 6.91. The van der Waals surface area contributed by atoms with E-state index in [9.17, 15) is 0 Å². The highest BCUT2D eigenvalue weighted by atomic mass is 127. The first kappa shape index (κ1) is 25.2. The van der Waals surface area contributed by atoms with Gasteiger partial charge in [0.2, 0.25) is 0 Å². The van der Waals surface area contributed by atoms with E-state index in [4.69, 9.17) is 4.74 Å². The van der Waals surface area contributed by atoms with Crippen molar-refractivity contribution in [1.82, 2.24) is 15.5 Å². The van der Waals surface area contributed by atoms with Crippen molar-refractivity contribution < 1.29 is 4.74 Å². The Morgan fingerprint density at radius 3 is 2.75 bits per heavy atom. The van der Waals surface area contributed by atoms with Crippen LogP contribution in [0.3, 0.4) is 0 Å².